The molecule has 0 radical (unpaired) electrons. The van der Waals surface area contributed by atoms with E-state index in [1.807, 2.05) is 18.2 Å². The number of benzene rings is 2. The molecule has 0 aromatic heterocycles. The molecule has 0 bridgehead atoms. The second-order valence-corrected chi connectivity index (χ2v) is 3.55. The van der Waals surface area contributed by atoms with Gasteiger partial charge >= 0.3 is 0 Å². The molecular weight excluding hydrogens is 196 g/mol. The second kappa shape index (κ2) is 4.67. The Kier molecular flexibility index (Phi) is 3.06. The van der Waals surface area contributed by atoms with Crippen molar-refractivity contribution in [3.05, 3.63) is 60.7 Å². The number of hydrogen-bond donors (Lipinski definition) is 0. The third-order valence-corrected chi connectivity index (χ3v) is 2.57. The van der Waals surface area contributed by atoms with E-state index in [0.29, 0.717) is 0 Å². The summed E-state index contributed by atoms with van der Waals surface area (Å²) in [5.41, 5.74) is 3.53. The molecule has 2 aromatic rings. The average Bonchev–Trinajstić information content (AvgIpc) is 2.39. The maximum Gasteiger partial charge on any atom is 0.118 e. The van der Waals surface area contributed by atoms with E-state index in [-0.39, 0.29) is 0 Å². The molecule has 0 heterocycles. The summed E-state index contributed by atoms with van der Waals surface area (Å²) in [6.45, 7) is 3.74. The molecule has 0 atom stereocenters. The van der Waals surface area contributed by atoms with Crippen molar-refractivity contribution in [2.45, 2.75) is 0 Å². The van der Waals surface area contributed by atoms with Crippen molar-refractivity contribution < 1.29 is 4.74 Å². The normalized spacial score (nSPS) is 9.81. The predicted molar refractivity (Wildman–Crippen MR) is 68.5 cm³/mol. The van der Waals surface area contributed by atoms with Crippen LogP contribution in [0.4, 0.5) is 0 Å². The van der Waals surface area contributed by atoms with Crippen LogP contribution < -0.4 is 4.74 Å². The first-order valence-electron chi connectivity index (χ1n) is 5.20. The summed E-state index contributed by atoms with van der Waals surface area (Å²) in [6, 6.07) is 16.4. The lowest BCUT2D eigenvalue weighted by Crippen LogP contribution is -1.82. The van der Waals surface area contributed by atoms with Crippen LogP contribution in [0.5, 0.6) is 5.75 Å². The molecule has 0 aliphatic heterocycles. The van der Waals surface area contributed by atoms with Gasteiger partial charge < -0.3 is 4.74 Å². The first kappa shape index (κ1) is 10.5. The predicted octanol–water partition coefficient (Wildman–Crippen LogP) is 4.01. The van der Waals surface area contributed by atoms with E-state index < -0.39 is 0 Å². The molecule has 16 heavy (non-hydrogen) atoms. The van der Waals surface area contributed by atoms with Crippen LogP contribution in [0.15, 0.2) is 55.1 Å². The first-order chi connectivity index (χ1) is 7.83. The number of rotatable bonds is 3. The maximum absolute atomic E-state index is 5.13. The Balaban J connectivity index is 2.31. The molecule has 0 fully saturated rings. The van der Waals surface area contributed by atoms with Crippen LogP contribution in [0, 0.1) is 0 Å². The van der Waals surface area contributed by atoms with Crippen LogP contribution in [0.2, 0.25) is 0 Å². The van der Waals surface area contributed by atoms with Crippen LogP contribution in [-0.4, -0.2) is 7.11 Å². The van der Waals surface area contributed by atoms with E-state index in [9.17, 15) is 0 Å². The van der Waals surface area contributed by atoms with Crippen LogP contribution in [0.25, 0.3) is 17.2 Å². The molecule has 0 amide bonds. The summed E-state index contributed by atoms with van der Waals surface area (Å²) >= 11 is 0. The number of methoxy groups -OCH3 is 1. The summed E-state index contributed by atoms with van der Waals surface area (Å²) < 4.78 is 5.13. The Hall–Kier alpha value is -2.02. The lowest BCUT2D eigenvalue weighted by Gasteiger charge is -2.04. The SMILES string of the molecule is C=Cc1ccc(-c2ccc(OC)cc2)cc1. The van der Waals surface area contributed by atoms with E-state index >= 15 is 0 Å². The van der Waals surface area contributed by atoms with Gasteiger partial charge in [0.1, 0.15) is 5.75 Å². The molecule has 0 aliphatic rings. The molecule has 0 aliphatic carbocycles. The van der Waals surface area contributed by atoms with Gasteiger partial charge in [-0.2, -0.15) is 0 Å². The van der Waals surface area contributed by atoms with Gasteiger partial charge in [-0.1, -0.05) is 49.1 Å². The van der Waals surface area contributed by atoms with Crippen molar-refractivity contribution in [1.82, 2.24) is 0 Å². The molecule has 2 aromatic carbocycles. The van der Waals surface area contributed by atoms with Crippen molar-refractivity contribution >= 4 is 6.08 Å². The van der Waals surface area contributed by atoms with Crippen molar-refractivity contribution in [2.75, 3.05) is 7.11 Å². The van der Waals surface area contributed by atoms with E-state index in [0.717, 1.165) is 11.3 Å². The molecule has 0 saturated heterocycles. The zero-order chi connectivity index (χ0) is 11.4. The fraction of sp³-hybridized carbons (Fsp3) is 0.0667. The van der Waals surface area contributed by atoms with Crippen molar-refractivity contribution in [3.8, 4) is 16.9 Å². The van der Waals surface area contributed by atoms with Gasteiger partial charge in [0, 0.05) is 0 Å². The van der Waals surface area contributed by atoms with E-state index in [4.69, 9.17) is 4.74 Å². The van der Waals surface area contributed by atoms with E-state index in [1.165, 1.54) is 11.1 Å². The molecule has 0 spiro atoms. The van der Waals surface area contributed by atoms with Gasteiger partial charge in [-0.05, 0) is 28.8 Å². The molecule has 2 rings (SSSR count). The molecule has 80 valence electrons. The summed E-state index contributed by atoms with van der Waals surface area (Å²) in [5, 5.41) is 0. The molecule has 0 unspecified atom stereocenters. The van der Waals surface area contributed by atoms with Crippen LogP contribution in [0.1, 0.15) is 5.56 Å². The van der Waals surface area contributed by atoms with Gasteiger partial charge in [0.05, 0.1) is 7.11 Å². The van der Waals surface area contributed by atoms with Gasteiger partial charge in [0.2, 0.25) is 0 Å². The van der Waals surface area contributed by atoms with Crippen LogP contribution in [0.3, 0.4) is 0 Å². The molecule has 1 nitrogen and oxygen atoms in total. The lowest BCUT2D eigenvalue weighted by atomic mass is 10.0. The minimum atomic E-state index is 0.881. The lowest BCUT2D eigenvalue weighted by molar-refractivity contribution is 0.415. The summed E-state index contributed by atoms with van der Waals surface area (Å²) in [5.74, 6) is 0.881. The molecule has 1 heteroatoms. The highest BCUT2D eigenvalue weighted by molar-refractivity contribution is 5.66. The molecule has 0 N–H and O–H groups in total. The summed E-state index contributed by atoms with van der Waals surface area (Å²) in [7, 11) is 1.67. The van der Waals surface area contributed by atoms with E-state index in [1.54, 1.807) is 7.11 Å². The third kappa shape index (κ3) is 2.14. The fourth-order valence-corrected chi connectivity index (χ4v) is 1.60. The highest BCUT2D eigenvalue weighted by Gasteiger charge is 1.97. The highest BCUT2D eigenvalue weighted by Crippen LogP contribution is 2.22. The van der Waals surface area contributed by atoms with Gasteiger partial charge in [0.15, 0.2) is 0 Å². The Bertz CT molecular complexity index is 466. The topological polar surface area (TPSA) is 9.23 Å². The zero-order valence-corrected chi connectivity index (χ0v) is 9.31. The monoisotopic (exact) mass is 210 g/mol. The Labute approximate surface area is 96.0 Å². The van der Waals surface area contributed by atoms with Gasteiger partial charge in [0.25, 0.3) is 0 Å². The first-order valence-corrected chi connectivity index (χ1v) is 5.20. The van der Waals surface area contributed by atoms with Crippen molar-refractivity contribution in [3.63, 3.8) is 0 Å². The maximum atomic E-state index is 5.13. The van der Waals surface area contributed by atoms with Gasteiger partial charge in [-0.15, -0.1) is 0 Å². The van der Waals surface area contributed by atoms with Crippen LogP contribution >= 0.6 is 0 Å². The van der Waals surface area contributed by atoms with Crippen molar-refractivity contribution in [1.29, 1.82) is 0 Å². The van der Waals surface area contributed by atoms with Gasteiger partial charge in [-0.25, -0.2) is 0 Å². The van der Waals surface area contributed by atoms with Crippen molar-refractivity contribution in [2.24, 2.45) is 0 Å². The number of hydrogen-bond acceptors (Lipinski definition) is 1. The zero-order valence-electron chi connectivity index (χ0n) is 9.31. The Morgan fingerprint density at radius 2 is 1.38 bits per heavy atom. The largest absolute Gasteiger partial charge is 0.497 e. The van der Waals surface area contributed by atoms with Crippen LogP contribution in [-0.2, 0) is 0 Å². The number of ether oxygens (including phenoxy) is 1. The third-order valence-electron chi connectivity index (χ3n) is 2.57. The second-order valence-electron chi connectivity index (χ2n) is 3.55. The Morgan fingerprint density at radius 1 is 0.875 bits per heavy atom. The molecular formula is C15H14O. The summed E-state index contributed by atoms with van der Waals surface area (Å²) in [6.07, 6.45) is 1.85. The van der Waals surface area contributed by atoms with Gasteiger partial charge in [-0.3, -0.25) is 0 Å². The average molecular weight is 210 g/mol. The molecule has 0 saturated carbocycles. The Morgan fingerprint density at radius 3 is 1.81 bits per heavy atom. The minimum Gasteiger partial charge on any atom is -0.497 e. The quantitative estimate of drug-likeness (QED) is 0.743. The van der Waals surface area contributed by atoms with E-state index in [2.05, 4.69) is 43.0 Å². The summed E-state index contributed by atoms with van der Waals surface area (Å²) in [4.78, 5) is 0. The minimum absolute atomic E-state index is 0.881. The fourth-order valence-electron chi connectivity index (χ4n) is 1.60. The smallest absolute Gasteiger partial charge is 0.118 e. The highest BCUT2D eigenvalue weighted by atomic mass is 16.5. The standard InChI is InChI=1S/C15H14O/c1-3-12-4-6-13(7-5-12)14-8-10-15(16-2)11-9-14/h3-11H,1H2,2H3.